The number of carbonyl (C=O) groups excluding carboxylic acids is 2. The molecule has 0 bridgehead atoms. The molecule has 10 aromatic carbocycles. The number of hydrogen-bond acceptors (Lipinski definition) is 15. The number of nitrogens with zero attached hydrogens (tertiary/aromatic N) is 11. The monoisotopic (exact) mass is 2070 g/mol. The van der Waals surface area contributed by atoms with E-state index in [1.54, 1.807) is 24.3 Å². The zero-order chi connectivity index (χ0) is 104. The van der Waals surface area contributed by atoms with E-state index in [1.165, 1.54) is 50.5 Å². The van der Waals surface area contributed by atoms with E-state index >= 15 is 0 Å². The fourth-order valence-electron chi connectivity index (χ4n) is 19.7. The molecule has 5 N–H and O–H groups in total. The van der Waals surface area contributed by atoms with Crippen molar-refractivity contribution in [3.63, 3.8) is 0 Å². The largest absolute Gasteiger partial charge is 1.00 e. The summed E-state index contributed by atoms with van der Waals surface area (Å²) in [6, 6.07) is 80.4. The summed E-state index contributed by atoms with van der Waals surface area (Å²) >= 11 is 9.53. The van der Waals surface area contributed by atoms with Crippen molar-refractivity contribution < 1.29 is 90.6 Å². The minimum absolute atomic E-state index is 0. The average molecular weight is 2070 g/mol. The number of nitrogens with one attached hydrogen (secondary N) is 3. The molecule has 0 radical (unpaired) electrons. The van der Waals surface area contributed by atoms with Gasteiger partial charge in [0.25, 0.3) is 0 Å². The number of carbonyl (C=O) groups is 2. The number of fused-ring (bicyclic) bond motifs is 5. The van der Waals surface area contributed by atoms with Gasteiger partial charge in [-0.05, 0) is 301 Å². The van der Waals surface area contributed by atoms with Crippen LogP contribution in [0.3, 0.4) is 0 Å². The Morgan fingerprint density at radius 1 is 0.362 bits per heavy atom. The Morgan fingerprint density at radius 2 is 0.584 bits per heavy atom. The first-order valence-electron chi connectivity index (χ1n) is 50.0. The molecular weight excluding hydrogens is 1950 g/mol. The van der Waals surface area contributed by atoms with E-state index in [0.717, 1.165) is 247 Å². The van der Waals surface area contributed by atoms with Crippen LogP contribution in [0.15, 0.2) is 212 Å². The summed E-state index contributed by atoms with van der Waals surface area (Å²) in [5.41, 5.74) is 26.5. The van der Waals surface area contributed by atoms with E-state index < -0.39 is 24.2 Å². The molecule has 149 heavy (non-hydrogen) atoms. The van der Waals surface area contributed by atoms with Crippen molar-refractivity contribution in [3.05, 3.63) is 240 Å². The third-order valence-corrected chi connectivity index (χ3v) is 27.4. The van der Waals surface area contributed by atoms with Gasteiger partial charge in [0, 0.05) is 136 Å². The molecule has 15 aromatic rings. The van der Waals surface area contributed by atoms with Crippen molar-refractivity contribution in [3.8, 4) is 115 Å². The van der Waals surface area contributed by atoms with Crippen LogP contribution in [0.4, 0.5) is 54.8 Å². The van der Waals surface area contributed by atoms with Crippen LogP contribution in [0.1, 0.15) is 226 Å². The van der Waals surface area contributed by atoms with Gasteiger partial charge in [-0.1, -0.05) is 75.5 Å². The molecule has 20 rings (SSSR count). The van der Waals surface area contributed by atoms with Gasteiger partial charge in [0.05, 0.1) is 122 Å². The molecule has 22 nitrogen and oxygen atoms in total. The van der Waals surface area contributed by atoms with Crippen LogP contribution in [0.25, 0.3) is 111 Å². The Hall–Kier alpha value is -14.2. The number of nitrogens with two attached hydrogens (primary N) is 1. The van der Waals surface area contributed by atoms with Crippen LogP contribution in [0, 0.1) is 56.7 Å². The quantitative estimate of drug-likeness (QED) is 0.0161. The second-order valence-electron chi connectivity index (χ2n) is 36.1. The molecule has 0 spiro atoms. The van der Waals surface area contributed by atoms with E-state index in [0.29, 0.717) is 84.1 Å². The Kier molecular flexibility index (Phi) is 39.4. The van der Waals surface area contributed by atoms with Crippen LogP contribution in [0.2, 0.25) is 0 Å². The molecule has 0 unspecified atom stereocenters. The van der Waals surface area contributed by atoms with Crippen LogP contribution in [0.5, 0.6) is 28.7 Å². The van der Waals surface area contributed by atoms with Crippen molar-refractivity contribution in [1.29, 1.82) is 26.3 Å². The predicted octanol–water partition coefficient (Wildman–Crippen LogP) is 28.2. The van der Waals surface area contributed by atoms with E-state index in [4.69, 9.17) is 52.6 Å². The van der Waals surface area contributed by atoms with Crippen molar-refractivity contribution in [1.82, 2.24) is 22.8 Å². The van der Waals surface area contributed by atoms with Gasteiger partial charge in [-0.15, -0.1) is 23.2 Å². The number of halogens is 8. The molecule has 772 valence electrons. The standard InChI is InChI=1S/C25H24F3N3O2.C23H20F3N3O2.2C23H25N3O.C21H21N3O.CH2Cl2.2CH4.Na.H/c1-3-30(24(32)25(26,27)28)17-10-8-16(9-11-17)23-21(15-29)20-13-12-19(33-4-2)14-22(20)31(23)18-6-5-7-18;1-2-31-17-10-11-18-19(13-27)21(29(20(18)12-17)16-4-3-5-16)14-6-8-15(9-7-14)28-22(30)23(24,25)26;2*1-3-25-17-10-8-16(9-11-17)23-21(15-24)20-13-12-19(27-4-2)14-22(20)26(23)18-6-5-7-18;1-2-25-17-10-11-18-19(13-22)21(14-6-8-15(23)9-7-14)24(20(18)12-17)16-4-3-5-16;2-1-3;;;;/h8-14,18H,3-7H2,1-2H3;6-12,16H,2-5H2,1H3,(H,28,30);2*8-14,18,25H,3-7H2,1-2H3;6-12,16H,2-5,23H2,1H3;1H2;2*1H4;;/q;;;;;;;;+1;-1. The molecule has 5 fully saturated rings. The molecule has 0 aliphatic heterocycles. The molecular formula is C118H126Cl2F6N15NaO7. The normalized spacial score (nSPS) is 13.6. The first-order chi connectivity index (χ1) is 70.8. The third-order valence-electron chi connectivity index (χ3n) is 27.4. The molecule has 31 heteroatoms. The van der Waals surface area contributed by atoms with Crippen LogP contribution in [-0.2, 0) is 9.59 Å². The van der Waals surface area contributed by atoms with Crippen molar-refractivity contribution in [2.75, 3.05) is 84.6 Å². The topological polar surface area (TPSA) is 289 Å². The van der Waals surface area contributed by atoms with E-state index in [-0.39, 0.29) is 81.2 Å². The van der Waals surface area contributed by atoms with Gasteiger partial charge < -0.3 is 74.5 Å². The maximum Gasteiger partial charge on any atom is 1.00 e. The van der Waals surface area contributed by atoms with Crippen LogP contribution in [-0.4, -0.2) is 105 Å². The van der Waals surface area contributed by atoms with Gasteiger partial charge >= 0.3 is 53.7 Å². The molecule has 0 saturated heterocycles. The van der Waals surface area contributed by atoms with Gasteiger partial charge in [-0.3, -0.25) is 9.59 Å². The summed E-state index contributed by atoms with van der Waals surface area (Å²) in [5, 5.41) is 63.1. The average Bonchev–Trinajstić information content (AvgIpc) is 1.61. The van der Waals surface area contributed by atoms with Gasteiger partial charge in [-0.2, -0.15) is 52.7 Å². The molecule has 5 aliphatic rings. The van der Waals surface area contributed by atoms with Gasteiger partial charge in [0.1, 0.15) is 59.1 Å². The maximum absolute atomic E-state index is 13.0. The Labute approximate surface area is 900 Å². The summed E-state index contributed by atoms with van der Waals surface area (Å²) in [7, 11) is 0. The van der Waals surface area contributed by atoms with E-state index in [1.807, 2.05) is 137 Å². The molecule has 2 amide bonds. The third kappa shape index (κ3) is 24.6. The molecule has 5 heterocycles. The number of benzene rings is 10. The number of nitriles is 5. The Balaban J connectivity index is 0.000000176. The summed E-state index contributed by atoms with van der Waals surface area (Å²) in [4.78, 5) is 23.7. The smallest absolute Gasteiger partial charge is 1.00 e. The first-order valence-corrected chi connectivity index (χ1v) is 51.1. The van der Waals surface area contributed by atoms with Gasteiger partial charge in [-0.25, -0.2) is 0 Å². The maximum atomic E-state index is 13.0. The number of rotatable bonds is 27. The van der Waals surface area contributed by atoms with Gasteiger partial charge in [0.2, 0.25) is 0 Å². The number of anilines is 5. The van der Waals surface area contributed by atoms with Crippen molar-refractivity contribution in [2.24, 2.45) is 0 Å². The number of aromatic nitrogens is 5. The van der Waals surface area contributed by atoms with Gasteiger partial charge in [0.15, 0.2) is 0 Å². The molecule has 5 aromatic heterocycles. The minimum Gasteiger partial charge on any atom is -1.00 e. The second kappa shape index (κ2) is 51.7. The Morgan fingerprint density at radius 3 is 0.772 bits per heavy atom. The SMILES string of the molecule is C.C.CCNc1ccc(-c2c(C#N)c3ccc(OCC)cc3n2C2CCC2)cc1.CCNc1ccc(-c2c(C#N)c3ccc(OCC)cc3n2C2CCC2)cc1.CCOc1ccc2c(C#N)c(-c3ccc(N(CC)C(=O)C(F)(F)F)cc3)n(C3CCC3)c2c1.CCOc1ccc2c(C#N)c(-c3ccc(N)cc3)n(C3CCC3)c2c1.CCOc1ccc2c(C#N)c(-c3ccc(NC(=O)C(F)(F)F)cc3)n(C3CCC3)c2c1.ClCCl.[H-].[Na+]. The number of amides is 2. The van der Waals surface area contributed by atoms with Crippen molar-refractivity contribution in [2.45, 2.75) is 209 Å². The minimum atomic E-state index is -4.96. The first kappa shape index (κ1) is 114. The van der Waals surface area contributed by atoms with Crippen molar-refractivity contribution >= 4 is 118 Å². The van der Waals surface area contributed by atoms with E-state index in [9.17, 15) is 62.2 Å². The second-order valence-corrected chi connectivity index (χ2v) is 36.9. The fraction of sp³-hybridized carbons (Fsp3) is 0.347. The number of hydrogen-bond donors (Lipinski definition) is 4. The number of ether oxygens (including phenoxy) is 5. The number of alkyl halides is 8. The summed E-state index contributed by atoms with van der Waals surface area (Å²) in [6.45, 7) is 20.1. The van der Waals surface area contributed by atoms with Crippen LogP contribution < -0.4 is 79.8 Å². The molecule has 0 atom stereocenters. The fourth-order valence-corrected chi connectivity index (χ4v) is 19.7. The molecule has 5 aliphatic carbocycles. The summed E-state index contributed by atoms with van der Waals surface area (Å²) in [5.74, 6) is 0.0881. The van der Waals surface area contributed by atoms with Crippen LogP contribution >= 0.6 is 23.2 Å². The molecule has 5 saturated carbocycles. The predicted molar refractivity (Wildman–Crippen MR) is 583 cm³/mol. The van der Waals surface area contributed by atoms with E-state index in [2.05, 4.69) is 144 Å². The zero-order valence-electron chi connectivity index (χ0n) is 84.9. The number of nitrogen functional groups attached to an aromatic ring is 1. The zero-order valence-corrected chi connectivity index (χ0v) is 87.5. The summed E-state index contributed by atoms with van der Waals surface area (Å²) in [6.07, 6.45) is 6.91. The summed E-state index contributed by atoms with van der Waals surface area (Å²) < 4.78 is 116. The Bertz CT molecular complexity index is 7250.